The van der Waals surface area contributed by atoms with E-state index in [0.717, 1.165) is 47.6 Å². The van der Waals surface area contributed by atoms with Crippen LogP contribution in [0.3, 0.4) is 0 Å². The molecular formula is C19H22N2O2. The highest BCUT2D eigenvalue weighted by Gasteiger charge is 2.23. The standard InChI is InChI=1S/C19H22N2O2/c1-2-23-15-10-8-14(9-11-15)13-19(22)21-12-4-5-16-17(20)6-3-7-18(16)21/h3,6-11H,2,4-5,12-13,20H2,1H3. The zero-order valence-electron chi connectivity index (χ0n) is 13.4. The summed E-state index contributed by atoms with van der Waals surface area (Å²) in [6.07, 6.45) is 2.28. The predicted octanol–water partition coefficient (Wildman–Crippen LogP) is 3.19. The van der Waals surface area contributed by atoms with E-state index in [-0.39, 0.29) is 5.91 Å². The van der Waals surface area contributed by atoms with Crippen molar-refractivity contribution >= 4 is 17.3 Å². The number of benzene rings is 2. The first-order valence-electron chi connectivity index (χ1n) is 8.08. The molecule has 0 bridgehead atoms. The summed E-state index contributed by atoms with van der Waals surface area (Å²) >= 11 is 0. The molecule has 0 saturated carbocycles. The van der Waals surface area contributed by atoms with Crippen LogP contribution in [0.1, 0.15) is 24.5 Å². The fraction of sp³-hybridized carbons (Fsp3) is 0.316. The first kappa shape index (κ1) is 15.4. The van der Waals surface area contributed by atoms with Crippen LogP contribution in [0.4, 0.5) is 11.4 Å². The van der Waals surface area contributed by atoms with E-state index >= 15 is 0 Å². The lowest BCUT2D eigenvalue weighted by Crippen LogP contribution is -2.36. The molecule has 0 atom stereocenters. The highest BCUT2D eigenvalue weighted by atomic mass is 16.5. The predicted molar refractivity (Wildman–Crippen MR) is 92.8 cm³/mol. The molecule has 0 spiro atoms. The van der Waals surface area contributed by atoms with Gasteiger partial charge in [0.2, 0.25) is 5.91 Å². The summed E-state index contributed by atoms with van der Waals surface area (Å²) in [5.41, 5.74) is 9.88. The summed E-state index contributed by atoms with van der Waals surface area (Å²) in [5, 5.41) is 0. The number of carbonyl (C=O) groups is 1. The van der Waals surface area contributed by atoms with Crippen LogP contribution in [-0.4, -0.2) is 19.1 Å². The Balaban J connectivity index is 1.76. The maximum Gasteiger partial charge on any atom is 0.231 e. The molecule has 2 aromatic rings. The molecular weight excluding hydrogens is 288 g/mol. The van der Waals surface area contributed by atoms with Gasteiger partial charge < -0.3 is 15.4 Å². The van der Waals surface area contributed by atoms with E-state index < -0.39 is 0 Å². The quantitative estimate of drug-likeness (QED) is 0.882. The first-order valence-corrected chi connectivity index (χ1v) is 8.08. The van der Waals surface area contributed by atoms with Crippen LogP contribution < -0.4 is 15.4 Å². The van der Waals surface area contributed by atoms with E-state index in [1.54, 1.807) is 0 Å². The van der Waals surface area contributed by atoms with E-state index in [9.17, 15) is 4.79 Å². The second kappa shape index (κ2) is 6.73. The highest BCUT2D eigenvalue weighted by molar-refractivity contribution is 5.96. The highest BCUT2D eigenvalue weighted by Crippen LogP contribution is 2.31. The number of amides is 1. The van der Waals surface area contributed by atoms with Gasteiger partial charge in [-0.2, -0.15) is 0 Å². The molecule has 1 amide bonds. The maximum absolute atomic E-state index is 12.7. The van der Waals surface area contributed by atoms with E-state index in [4.69, 9.17) is 10.5 Å². The zero-order chi connectivity index (χ0) is 16.2. The Labute approximate surface area is 136 Å². The summed E-state index contributed by atoms with van der Waals surface area (Å²) < 4.78 is 5.43. The van der Waals surface area contributed by atoms with Crippen molar-refractivity contribution in [2.75, 3.05) is 23.8 Å². The van der Waals surface area contributed by atoms with Crippen molar-refractivity contribution in [2.24, 2.45) is 0 Å². The Kier molecular flexibility index (Phi) is 4.51. The Morgan fingerprint density at radius 2 is 2.00 bits per heavy atom. The topological polar surface area (TPSA) is 55.6 Å². The molecule has 0 unspecified atom stereocenters. The number of ether oxygens (including phenoxy) is 1. The molecule has 0 radical (unpaired) electrons. The second-order valence-corrected chi connectivity index (χ2v) is 5.75. The molecule has 0 aliphatic carbocycles. The monoisotopic (exact) mass is 310 g/mol. The smallest absolute Gasteiger partial charge is 0.231 e. The molecule has 1 heterocycles. The molecule has 23 heavy (non-hydrogen) atoms. The van der Waals surface area contributed by atoms with Gasteiger partial charge in [0.25, 0.3) is 0 Å². The van der Waals surface area contributed by atoms with Crippen LogP contribution in [0.15, 0.2) is 42.5 Å². The molecule has 2 N–H and O–H groups in total. The molecule has 120 valence electrons. The molecule has 2 aromatic carbocycles. The third kappa shape index (κ3) is 3.31. The fourth-order valence-electron chi connectivity index (χ4n) is 3.05. The SMILES string of the molecule is CCOc1ccc(CC(=O)N2CCCc3c(N)cccc32)cc1. The van der Waals surface area contributed by atoms with Gasteiger partial charge >= 0.3 is 0 Å². The van der Waals surface area contributed by atoms with Gasteiger partial charge in [-0.1, -0.05) is 18.2 Å². The van der Waals surface area contributed by atoms with Crippen LogP contribution in [0, 0.1) is 0 Å². The number of hydrogen-bond donors (Lipinski definition) is 1. The Bertz CT molecular complexity index is 695. The molecule has 0 fully saturated rings. The summed E-state index contributed by atoms with van der Waals surface area (Å²) in [4.78, 5) is 14.6. The Hall–Kier alpha value is -2.49. The van der Waals surface area contributed by atoms with E-state index in [1.807, 2.05) is 54.3 Å². The molecule has 1 aliphatic rings. The minimum absolute atomic E-state index is 0.112. The van der Waals surface area contributed by atoms with Gasteiger partial charge in [-0.15, -0.1) is 0 Å². The lowest BCUT2D eigenvalue weighted by Gasteiger charge is -2.30. The van der Waals surface area contributed by atoms with E-state index in [1.165, 1.54) is 0 Å². The normalized spacial score (nSPS) is 13.5. The van der Waals surface area contributed by atoms with Crippen molar-refractivity contribution in [3.63, 3.8) is 0 Å². The Morgan fingerprint density at radius 3 is 2.74 bits per heavy atom. The van der Waals surface area contributed by atoms with Gasteiger partial charge in [0, 0.05) is 17.9 Å². The Morgan fingerprint density at radius 1 is 1.22 bits per heavy atom. The van der Waals surface area contributed by atoms with Crippen molar-refractivity contribution in [1.29, 1.82) is 0 Å². The lowest BCUT2D eigenvalue weighted by molar-refractivity contribution is -0.118. The van der Waals surface area contributed by atoms with Gasteiger partial charge in [0.15, 0.2) is 0 Å². The van der Waals surface area contributed by atoms with Gasteiger partial charge in [0.1, 0.15) is 5.75 Å². The average Bonchev–Trinajstić information content (AvgIpc) is 2.57. The third-order valence-corrected chi connectivity index (χ3v) is 4.18. The summed E-state index contributed by atoms with van der Waals surface area (Å²) in [7, 11) is 0. The lowest BCUT2D eigenvalue weighted by atomic mass is 9.99. The fourth-order valence-corrected chi connectivity index (χ4v) is 3.05. The summed E-state index contributed by atoms with van der Waals surface area (Å²) in [6.45, 7) is 3.35. The third-order valence-electron chi connectivity index (χ3n) is 4.18. The van der Waals surface area contributed by atoms with E-state index in [2.05, 4.69) is 0 Å². The van der Waals surface area contributed by atoms with Crippen LogP contribution in [0.5, 0.6) is 5.75 Å². The van der Waals surface area contributed by atoms with Crippen molar-refractivity contribution in [3.05, 3.63) is 53.6 Å². The molecule has 0 aromatic heterocycles. The molecule has 0 saturated heterocycles. The van der Waals surface area contributed by atoms with Crippen molar-refractivity contribution in [2.45, 2.75) is 26.2 Å². The minimum atomic E-state index is 0.112. The van der Waals surface area contributed by atoms with Crippen molar-refractivity contribution in [3.8, 4) is 5.75 Å². The number of fused-ring (bicyclic) bond motifs is 1. The second-order valence-electron chi connectivity index (χ2n) is 5.75. The molecule has 4 heteroatoms. The number of nitrogen functional groups attached to an aromatic ring is 1. The van der Waals surface area contributed by atoms with E-state index in [0.29, 0.717) is 13.0 Å². The molecule has 3 rings (SSSR count). The number of nitrogens with zero attached hydrogens (tertiary/aromatic N) is 1. The summed E-state index contributed by atoms with van der Waals surface area (Å²) in [6, 6.07) is 13.5. The molecule has 1 aliphatic heterocycles. The number of nitrogens with two attached hydrogens (primary N) is 1. The summed E-state index contributed by atoms with van der Waals surface area (Å²) in [5.74, 6) is 0.945. The maximum atomic E-state index is 12.7. The average molecular weight is 310 g/mol. The van der Waals surface area contributed by atoms with Crippen LogP contribution in [0.25, 0.3) is 0 Å². The van der Waals surface area contributed by atoms with Crippen molar-refractivity contribution < 1.29 is 9.53 Å². The number of hydrogen-bond acceptors (Lipinski definition) is 3. The van der Waals surface area contributed by atoms with Gasteiger partial charge in [-0.05, 0) is 55.2 Å². The molecule has 4 nitrogen and oxygen atoms in total. The van der Waals surface area contributed by atoms with Gasteiger partial charge in [-0.25, -0.2) is 0 Å². The largest absolute Gasteiger partial charge is 0.494 e. The van der Waals surface area contributed by atoms with Crippen LogP contribution in [-0.2, 0) is 17.6 Å². The van der Waals surface area contributed by atoms with Crippen molar-refractivity contribution in [1.82, 2.24) is 0 Å². The first-order chi connectivity index (χ1) is 11.2. The number of carbonyl (C=O) groups excluding carboxylic acids is 1. The number of rotatable bonds is 4. The number of anilines is 2. The van der Waals surface area contributed by atoms with Gasteiger partial charge in [-0.3, -0.25) is 4.79 Å². The van der Waals surface area contributed by atoms with Crippen LogP contribution >= 0.6 is 0 Å². The van der Waals surface area contributed by atoms with Crippen LogP contribution in [0.2, 0.25) is 0 Å². The minimum Gasteiger partial charge on any atom is -0.494 e. The zero-order valence-corrected chi connectivity index (χ0v) is 13.4. The van der Waals surface area contributed by atoms with Gasteiger partial charge in [0.05, 0.1) is 13.0 Å².